The molecule has 15 heavy (non-hydrogen) atoms. The van der Waals surface area contributed by atoms with Crippen molar-refractivity contribution in [3.05, 3.63) is 45.6 Å². The van der Waals surface area contributed by atoms with E-state index in [9.17, 15) is 18.0 Å². The Hall–Kier alpha value is -0.850. The molecule has 0 saturated carbocycles. The molecule has 0 radical (unpaired) electrons. The first-order valence-electron chi connectivity index (χ1n) is 3.88. The first-order chi connectivity index (χ1) is 6.82. The average molecular weight is 326 g/mol. The number of carbonyl (C=O) groups is 1. The van der Waals surface area contributed by atoms with E-state index in [1.165, 1.54) is 18.2 Å². The van der Waals surface area contributed by atoms with Gasteiger partial charge in [-0.15, -0.1) is 0 Å². The summed E-state index contributed by atoms with van der Waals surface area (Å²) in [6, 6.07) is 5.94. The van der Waals surface area contributed by atoms with Crippen molar-refractivity contribution in [3.63, 3.8) is 0 Å². The Balaban J connectivity index is 3.01. The van der Waals surface area contributed by atoms with Crippen molar-refractivity contribution in [2.45, 2.75) is 6.18 Å². The number of hydrogen-bond acceptors (Lipinski definition) is 1. The minimum Gasteiger partial charge on any atom is -0.289 e. The number of ketones is 1. The molecule has 0 bridgehead atoms. The Labute approximate surface area is 98.1 Å². The molecule has 0 aliphatic carbocycles. The predicted molar refractivity (Wildman–Crippen MR) is 58.7 cm³/mol. The molecule has 0 unspecified atom stereocenters. The third-order valence-electron chi connectivity index (χ3n) is 1.70. The molecule has 0 fully saturated rings. The Morgan fingerprint density at radius 3 is 2.40 bits per heavy atom. The van der Waals surface area contributed by atoms with E-state index < -0.39 is 17.5 Å². The molecule has 1 rings (SSSR count). The van der Waals surface area contributed by atoms with Crippen molar-refractivity contribution >= 4 is 28.4 Å². The third kappa shape index (κ3) is 3.05. The van der Waals surface area contributed by atoms with Crippen molar-refractivity contribution in [1.29, 1.82) is 0 Å². The number of alkyl halides is 3. The predicted octanol–water partition coefficient (Wildman–Crippen LogP) is 3.59. The summed E-state index contributed by atoms with van der Waals surface area (Å²) in [6.07, 6.45) is -4.67. The van der Waals surface area contributed by atoms with Crippen LogP contribution in [0.5, 0.6) is 0 Å². The Morgan fingerprint density at radius 2 is 1.93 bits per heavy atom. The van der Waals surface area contributed by atoms with E-state index in [1.807, 2.05) is 22.6 Å². The fourth-order valence-electron chi connectivity index (χ4n) is 0.933. The SMILES string of the molecule is C=C(C(=O)c1cccc(I)c1)C(F)(F)F. The van der Waals surface area contributed by atoms with Crippen LogP contribution in [0.1, 0.15) is 10.4 Å². The lowest BCUT2D eigenvalue weighted by Gasteiger charge is -2.08. The minimum absolute atomic E-state index is 0.00391. The van der Waals surface area contributed by atoms with E-state index in [2.05, 4.69) is 6.58 Å². The van der Waals surface area contributed by atoms with Crippen molar-refractivity contribution in [3.8, 4) is 0 Å². The second-order valence-corrected chi connectivity index (χ2v) is 4.06. The maximum Gasteiger partial charge on any atom is 0.419 e. The lowest BCUT2D eigenvalue weighted by molar-refractivity contribution is -0.0883. The third-order valence-corrected chi connectivity index (χ3v) is 2.37. The van der Waals surface area contributed by atoms with E-state index in [0.29, 0.717) is 3.57 Å². The highest BCUT2D eigenvalue weighted by Gasteiger charge is 2.36. The lowest BCUT2D eigenvalue weighted by Crippen LogP contribution is -2.19. The monoisotopic (exact) mass is 326 g/mol. The van der Waals surface area contributed by atoms with E-state index in [-0.39, 0.29) is 5.56 Å². The molecule has 0 saturated heterocycles. The molecule has 5 heteroatoms. The highest BCUT2D eigenvalue weighted by atomic mass is 127. The van der Waals surface area contributed by atoms with Gasteiger partial charge in [-0.2, -0.15) is 13.2 Å². The van der Waals surface area contributed by atoms with Crippen LogP contribution in [-0.4, -0.2) is 12.0 Å². The van der Waals surface area contributed by atoms with Gasteiger partial charge in [-0.1, -0.05) is 18.7 Å². The second kappa shape index (κ2) is 4.34. The molecule has 1 aromatic carbocycles. The molecule has 0 aromatic heterocycles. The molecule has 0 N–H and O–H groups in total. The number of rotatable bonds is 2. The van der Waals surface area contributed by atoms with Gasteiger partial charge in [0.05, 0.1) is 5.57 Å². The second-order valence-electron chi connectivity index (χ2n) is 2.82. The van der Waals surface area contributed by atoms with Crippen LogP contribution in [0.25, 0.3) is 0 Å². The number of allylic oxidation sites excluding steroid dienone is 1. The average Bonchev–Trinajstić information content (AvgIpc) is 2.14. The number of Topliss-reactive ketones (excluding diaryl/α,β-unsaturated/α-hetero) is 1. The van der Waals surface area contributed by atoms with Crippen molar-refractivity contribution in [2.24, 2.45) is 0 Å². The van der Waals surface area contributed by atoms with Crippen LogP contribution in [0, 0.1) is 3.57 Å². The molecule has 1 aromatic rings. The number of halogens is 4. The molecule has 0 aliphatic heterocycles. The summed E-state index contributed by atoms with van der Waals surface area (Å²) in [5.41, 5.74) is -1.34. The Bertz CT molecular complexity index is 409. The first kappa shape index (κ1) is 12.2. The summed E-state index contributed by atoms with van der Waals surface area (Å²) in [4.78, 5) is 11.3. The van der Waals surface area contributed by atoms with Crippen LogP contribution in [0.15, 0.2) is 36.4 Å². The molecule has 0 aliphatic rings. The summed E-state index contributed by atoms with van der Waals surface area (Å²) in [5, 5.41) is 0. The molecule has 1 nitrogen and oxygen atoms in total. The van der Waals surface area contributed by atoms with Gasteiger partial charge in [0, 0.05) is 9.13 Å². The van der Waals surface area contributed by atoms with Gasteiger partial charge in [0.2, 0.25) is 0 Å². The maximum atomic E-state index is 12.2. The molecule has 0 amide bonds. The highest BCUT2D eigenvalue weighted by Crippen LogP contribution is 2.27. The fourth-order valence-corrected chi connectivity index (χ4v) is 1.48. The van der Waals surface area contributed by atoms with E-state index in [4.69, 9.17) is 0 Å². The van der Waals surface area contributed by atoms with Crippen LogP contribution in [-0.2, 0) is 0 Å². The van der Waals surface area contributed by atoms with Gasteiger partial charge in [0.25, 0.3) is 0 Å². The van der Waals surface area contributed by atoms with Crippen LogP contribution in [0.3, 0.4) is 0 Å². The number of carbonyl (C=O) groups excluding carboxylic acids is 1. The van der Waals surface area contributed by atoms with Gasteiger partial charge < -0.3 is 0 Å². The topological polar surface area (TPSA) is 17.1 Å². The van der Waals surface area contributed by atoms with Crippen LogP contribution < -0.4 is 0 Å². The summed E-state index contributed by atoms with van der Waals surface area (Å²) in [6.45, 7) is 2.75. The Kier molecular flexibility index (Phi) is 3.54. The molecule has 0 atom stereocenters. The van der Waals surface area contributed by atoms with Crippen molar-refractivity contribution in [2.75, 3.05) is 0 Å². The van der Waals surface area contributed by atoms with Crippen molar-refractivity contribution < 1.29 is 18.0 Å². The van der Waals surface area contributed by atoms with Crippen LogP contribution >= 0.6 is 22.6 Å². The minimum atomic E-state index is -4.67. The molecule has 0 heterocycles. The zero-order valence-electron chi connectivity index (χ0n) is 7.44. The number of hydrogen-bond donors (Lipinski definition) is 0. The summed E-state index contributed by atoms with van der Waals surface area (Å²) in [5.74, 6) is -1.08. The summed E-state index contributed by atoms with van der Waals surface area (Å²) >= 11 is 1.92. The van der Waals surface area contributed by atoms with Gasteiger partial charge in [0.1, 0.15) is 0 Å². The normalized spacial score (nSPS) is 11.2. The van der Waals surface area contributed by atoms with E-state index >= 15 is 0 Å². The standard InChI is InChI=1S/C10H6F3IO/c1-6(10(11,12)13)9(15)7-3-2-4-8(14)5-7/h2-5H,1H2. The largest absolute Gasteiger partial charge is 0.419 e. The lowest BCUT2D eigenvalue weighted by atomic mass is 10.0. The maximum absolute atomic E-state index is 12.2. The summed E-state index contributed by atoms with van der Waals surface area (Å²) in [7, 11) is 0. The quantitative estimate of drug-likeness (QED) is 0.461. The first-order valence-corrected chi connectivity index (χ1v) is 4.96. The zero-order valence-corrected chi connectivity index (χ0v) is 9.59. The smallest absolute Gasteiger partial charge is 0.289 e. The number of benzene rings is 1. The molecular weight excluding hydrogens is 320 g/mol. The van der Waals surface area contributed by atoms with Crippen LogP contribution in [0.2, 0.25) is 0 Å². The van der Waals surface area contributed by atoms with Gasteiger partial charge in [0.15, 0.2) is 5.78 Å². The van der Waals surface area contributed by atoms with Gasteiger partial charge in [-0.25, -0.2) is 0 Å². The van der Waals surface area contributed by atoms with Crippen LogP contribution in [0.4, 0.5) is 13.2 Å². The highest BCUT2D eigenvalue weighted by molar-refractivity contribution is 14.1. The van der Waals surface area contributed by atoms with Crippen molar-refractivity contribution in [1.82, 2.24) is 0 Å². The molecule has 0 spiro atoms. The van der Waals surface area contributed by atoms with Gasteiger partial charge in [-0.05, 0) is 34.7 Å². The van der Waals surface area contributed by atoms with E-state index in [0.717, 1.165) is 0 Å². The Morgan fingerprint density at radius 1 is 1.33 bits per heavy atom. The van der Waals surface area contributed by atoms with Gasteiger partial charge in [-0.3, -0.25) is 4.79 Å². The van der Waals surface area contributed by atoms with Gasteiger partial charge >= 0.3 is 6.18 Å². The molecule has 80 valence electrons. The zero-order chi connectivity index (χ0) is 11.6. The fraction of sp³-hybridized carbons (Fsp3) is 0.100. The van der Waals surface area contributed by atoms with E-state index in [1.54, 1.807) is 6.07 Å². The molecular formula is C10H6F3IO. The summed E-state index contributed by atoms with van der Waals surface area (Å²) < 4.78 is 37.2.